The molecule has 6 nitrogen and oxygen atoms in total. The summed E-state index contributed by atoms with van der Waals surface area (Å²) < 4.78 is 20.3. The number of rotatable bonds is 4. The van der Waals surface area contributed by atoms with Crippen molar-refractivity contribution in [2.24, 2.45) is 0 Å². The smallest absolute Gasteiger partial charge is 0.434 e. The van der Waals surface area contributed by atoms with Gasteiger partial charge in [0.2, 0.25) is 0 Å². The molecule has 128 valence electrons. The van der Waals surface area contributed by atoms with Gasteiger partial charge in [-0.2, -0.15) is 0 Å². The fraction of sp³-hybridized carbons (Fsp3) is 0.333. The first-order valence-corrected chi connectivity index (χ1v) is 7.69. The lowest BCUT2D eigenvalue weighted by atomic mass is 10.0. The van der Waals surface area contributed by atoms with Crippen LogP contribution in [0.25, 0.3) is 10.8 Å². The van der Waals surface area contributed by atoms with Gasteiger partial charge < -0.3 is 18.9 Å². The summed E-state index contributed by atoms with van der Waals surface area (Å²) in [6, 6.07) is 7.17. The summed E-state index contributed by atoms with van der Waals surface area (Å²) in [4.78, 5) is 23.3. The van der Waals surface area contributed by atoms with Crippen LogP contribution >= 0.6 is 0 Å². The van der Waals surface area contributed by atoms with Gasteiger partial charge in [-0.1, -0.05) is 17.7 Å². The molecule has 0 saturated heterocycles. The molecule has 0 aliphatic rings. The van der Waals surface area contributed by atoms with Gasteiger partial charge >= 0.3 is 12.3 Å². The van der Waals surface area contributed by atoms with Crippen molar-refractivity contribution in [3.05, 3.63) is 35.4 Å². The molecule has 2 aromatic carbocycles. The minimum Gasteiger partial charge on any atom is -0.434 e. The van der Waals surface area contributed by atoms with Crippen LogP contribution < -0.4 is 9.47 Å². The molecule has 0 bridgehead atoms. The van der Waals surface area contributed by atoms with E-state index in [0.29, 0.717) is 27.8 Å². The summed E-state index contributed by atoms with van der Waals surface area (Å²) in [5, 5.41) is 1.29. The number of aryl methyl sites for hydroxylation is 2. The Labute approximate surface area is 140 Å². The third kappa shape index (κ3) is 3.95. The predicted octanol–water partition coefficient (Wildman–Crippen LogP) is 4.53. The van der Waals surface area contributed by atoms with Crippen molar-refractivity contribution >= 4 is 23.1 Å². The van der Waals surface area contributed by atoms with Crippen LogP contribution in [0.5, 0.6) is 11.5 Å². The van der Waals surface area contributed by atoms with E-state index in [1.165, 1.54) is 0 Å². The highest BCUT2D eigenvalue weighted by atomic mass is 16.7. The molecule has 0 fully saturated rings. The van der Waals surface area contributed by atoms with Crippen LogP contribution in [0.1, 0.15) is 25.0 Å². The van der Waals surface area contributed by atoms with Gasteiger partial charge in [-0.25, -0.2) is 9.59 Å². The zero-order chi connectivity index (χ0) is 17.7. The molecule has 0 amide bonds. The van der Waals surface area contributed by atoms with Crippen molar-refractivity contribution in [3.8, 4) is 11.5 Å². The normalized spacial score (nSPS) is 10.3. The Morgan fingerprint density at radius 1 is 0.875 bits per heavy atom. The van der Waals surface area contributed by atoms with E-state index in [-0.39, 0.29) is 13.2 Å². The summed E-state index contributed by atoms with van der Waals surface area (Å²) >= 11 is 0. The molecule has 0 N–H and O–H groups in total. The molecule has 2 aromatic rings. The zero-order valence-electron chi connectivity index (χ0n) is 14.2. The van der Waals surface area contributed by atoms with E-state index in [0.717, 1.165) is 5.56 Å². The lowest BCUT2D eigenvalue weighted by Crippen LogP contribution is -2.13. The van der Waals surface area contributed by atoms with Gasteiger partial charge in [0.25, 0.3) is 0 Å². The maximum Gasteiger partial charge on any atom is 0.513 e. The van der Waals surface area contributed by atoms with Crippen LogP contribution in [0.15, 0.2) is 24.3 Å². The molecule has 0 aliphatic carbocycles. The van der Waals surface area contributed by atoms with Gasteiger partial charge in [0.1, 0.15) is 11.5 Å². The SMILES string of the molecule is CCOC(=O)Oc1cc(C)c(OC(=O)OCC)c2cc(C)ccc12. The monoisotopic (exact) mass is 332 g/mol. The Kier molecular flexibility index (Phi) is 5.63. The number of ether oxygens (including phenoxy) is 4. The lowest BCUT2D eigenvalue weighted by Gasteiger charge is -2.14. The van der Waals surface area contributed by atoms with Gasteiger partial charge in [0.05, 0.1) is 13.2 Å². The van der Waals surface area contributed by atoms with Crippen molar-refractivity contribution in [2.75, 3.05) is 13.2 Å². The Hall–Kier alpha value is -2.76. The largest absolute Gasteiger partial charge is 0.513 e. The van der Waals surface area contributed by atoms with Crippen LogP contribution in [-0.4, -0.2) is 25.5 Å². The summed E-state index contributed by atoms with van der Waals surface area (Å²) in [6.45, 7) is 7.52. The topological polar surface area (TPSA) is 71.1 Å². The highest BCUT2D eigenvalue weighted by molar-refractivity contribution is 5.97. The number of benzene rings is 2. The Morgan fingerprint density at radius 3 is 2.12 bits per heavy atom. The summed E-state index contributed by atoms with van der Waals surface area (Å²) in [7, 11) is 0. The van der Waals surface area contributed by atoms with E-state index in [1.54, 1.807) is 32.9 Å². The second kappa shape index (κ2) is 7.68. The van der Waals surface area contributed by atoms with Crippen LogP contribution in [0, 0.1) is 13.8 Å². The molecule has 2 rings (SSSR count). The van der Waals surface area contributed by atoms with E-state index < -0.39 is 12.3 Å². The Bertz CT molecular complexity index is 766. The highest BCUT2D eigenvalue weighted by Gasteiger charge is 2.18. The van der Waals surface area contributed by atoms with Crippen molar-refractivity contribution in [2.45, 2.75) is 27.7 Å². The molecule has 0 atom stereocenters. The fourth-order valence-corrected chi connectivity index (χ4v) is 2.30. The van der Waals surface area contributed by atoms with Gasteiger partial charge in [0.15, 0.2) is 0 Å². The molecule has 0 spiro atoms. The standard InChI is InChI=1S/C18H20O6/c1-5-21-17(19)23-15-10-12(4)16(24-18(20)22-6-2)14-9-11(3)7-8-13(14)15/h7-10H,5-6H2,1-4H3. The lowest BCUT2D eigenvalue weighted by molar-refractivity contribution is 0.102. The summed E-state index contributed by atoms with van der Waals surface area (Å²) in [5.74, 6) is 0.723. The fourth-order valence-electron chi connectivity index (χ4n) is 2.30. The molecular weight excluding hydrogens is 312 g/mol. The predicted molar refractivity (Wildman–Crippen MR) is 88.7 cm³/mol. The van der Waals surface area contributed by atoms with E-state index in [9.17, 15) is 9.59 Å². The van der Waals surface area contributed by atoms with E-state index in [2.05, 4.69) is 0 Å². The molecular formula is C18H20O6. The molecule has 0 unspecified atom stereocenters. The number of hydrogen-bond donors (Lipinski definition) is 0. The van der Waals surface area contributed by atoms with Gasteiger partial charge in [-0.15, -0.1) is 0 Å². The van der Waals surface area contributed by atoms with Gasteiger partial charge in [0, 0.05) is 10.8 Å². The maximum absolute atomic E-state index is 11.7. The minimum atomic E-state index is -0.780. The average molecular weight is 332 g/mol. The maximum atomic E-state index is 11.7. The molecule has 0 radical (unpaired) electrons. The number of carbonyl (C=O) groups excluding carboxylic acids is 2. The van der Waals surface area contributed by atoms with Crippen LogP contribution in [0.2, 0.25) is 0 Å². The van der Waals surface area contributed by atoms with Crippen LogP contribution in [-0.2, 0) is 9.47 Å². The van der Waals surface area contributed by atoms with Crippen molar-refractivity contribution in [3.63, 3.8) is 0 Å². The zero-order valence-corrected chi connectivity index (χ0v) is 14.2. The number of hydrogen-bond acceptors (Lipinski definition) is 6. The molecule has 0 heterocycles. The molecule has 0 aromatic heterocycles. The molecule has 24 heavy (non-hydrogen) atoms. The average Bonchev–Trinajstić information content (AvgIpc) is 2.51. The number of fused-ring (bicyclic) bond motifs is 1. The van der Waals surface area contributed by atoms with Crippen LogP contribution in [0.4, 0.5) is 9.59 Å². The quantitative estimate of drug-likeness (QED) is 0.605. The minimum absolute atomic E-state index is 0.221. The summed E-state index contributed by atoms with van der Waals surface area (Å²) in [5.41, 5.74) is 1.62. The van der Waals surface area contributed by atoms with Gasteiger partial charge in [-0.3, -0.25) is 0 Å². The van der Waals surface area contributed by atoms with E-state index >= 15 is 0 Å². The van der Waals surface area contributed by atoms with Crippen LogP contribution in [0.3, 0.4) is 0 Å². The van der Waals surface area contributed by atoms with E-state index in [4.69, 9.17) is 18.9 Å². The third-order valence-electron chi connectivity index (χ3n) is 3.29. The first kappa shape index (κ1) is 17.6. The van der Waals surface area contributed by atoms with E-state index in [1.807, 2.05) is 19.1 Å². The summed E-state index contributed by atoms with van der Waals surface area (Å²) in [6.07, 6.45) is -1.56. The van der Waals surface area contributed by atoms with Crippen molar-refractivity contribution in [1.82, 2.24) is 0 Å². The van der Waals surface area contributed by atoms with Crippen molar-refractivity contribution in [1.29, 1.82) is 0 Å². The highest BCUT2D eigenvalue weighted by Crippen LogP contribution is 2.37. The Morgan fingerprint density at radius 2 is 1.50 bits per heavy atom. The Balaban J connectivity index is 2.52. The first-order chi connectivity index (χ1) is 11.5. The van der Waals surface area contributed by atoms with Crippen molar-refractivity contribution < 1.29 is 28.5 Å². The molecule has 6 heteroatoms. The third-order valence-corrected chi connectivity index (χ3v) is 3.29. The first-order valence-electron chi connectivity index (χ1n) is 7.69. The molecule has 0 saturated carbocycles. The second-order valence-corrected chi connectivity index (χ2v) is 5.14. The molecule has 0 aliphatic heterocycles. The number of carbonyl (C=O) groups is 2. The van der Waals surface area contributed by atoms with Gasteiger partial charge in [-0.05, 0) is 45.4 Å². The second-order valence-electron chi connectivity index (χ2n) is 5.14.